The van der Waals surface area contributed by atoms with Gasteiger partial charge < -0.3 is 9.47 Å². The summed E-state index contributed by atoms with van der Waals surface area (Å²) in [6, 6.07) is 0. The molecule has 4 bridgehead atoms. The van der Waals surface area contributed by atoms with E-state index in [9.17, 15) is 44.7 Å². The summed E-state index contributed by atoms with van der Waals surface area (Å²) >= 11 is 0. The largest absolute Gasteiger partial charge is 0.468 e. The van der Waals surface area contributed by atoms with Crippen LogP contribution in [0.5, 0.6) is 0 Å². The molecule has 19 heteroatoms. The fourth-order valence-electron chi connectivity index (χ4n) is 3.91. The van der Waals surface area contributed by atoms with E-state index in [2.05, 4.69) is 9.47 Å². The number of methoxy groups -OCH3 is 2. The number of alkyl halides is 8. The lowest BCUT2D eigenvalue weighted by Gasteiger charge is -2.35. The van der Waals surface area contributed by atoms with Gasteiger partial charge in [0.2, 0.25) is 0 Å². The lowest BCUT2D eigenvalue weighted by Crippen LogP contribution is -2.45. The summed E-state index contributed by atoms with van der Waals surface area (Å²) in [5.41, 5.74) is -18.1. The Bertz CT molecular complexity index is 1410. The van der Waals surface area contributed by atoms with Gasteiger partial charge in [0.1, 0.15) is 22.5 Å². The Morgan fingerprint density at radius 3 is 0.975 bits per heavy atom. The molecule has 0 atom stereocenters. The van der Waals surface area contributed by atoms with Crippen molar-refractivity contribution in [2.75, 3.05) is 14.2 Å². The van der Waals surface area contributed by atoms with E-state index in [4.69, 9.17) is 0 Å². The van der Waals surface area contributed by atoms with Crippen LogP contribution in [0.2, 0.25) is 0 Å². The maximum Gasteiger partial charge on any atom is 0.345 e. The standard InChI is InChI=1S/C21H7F15O4/c1-39-16(37)4(17(38)40-2)3-5-10(23)11(24)6(9(3)22)19(31,32)21(35,36)8-14(27)12(25)7(13(26)15(8)28)20(33,34)18(5,29)30/h4H,1-2H3. The number of hydrogen-bond donors (Lipinski definition) is 0. The Balaban J connectivity index is 2.83. The number of rotatable bonds is 3. The van der Waals surface area contributed by atoms with Gasteiger partial charge in [-0.05, 0) is 0 Å². The minimum Gasteiger partial charge on any atom is -0.468 e. The van der Waals surface area contributed by atoms with Gasteiger partial charge in [0.15, 0.2) is 40.8 Å². The van der Waals surface area contributed by atoms with Crippen LogP contribution in [0.4, 0.5) is 65.9 Å². The Morgan fingerprint density at radius 2 is 0.700 bits per heavy atom. The van der Waals surface area contributed by atoms with Gasteiger partial charge in [-0.1, -0.05) is 0 Å². The molecule has 0 aliphatic heterocycles. The number of benzene rings is 2. The van der Waals surface area contributed by atoms with Crippen LogP contribution >= 0.6 is 0 Å². The zero-order chi connectivity index (χ0) is 31.1. The normalized spacial score (nSPS) is 18.4. The Labute approximate surface area is 210 Å². The van der Waals surface area contributed by atoms with Crippen molar-refractivity contribution in [1.82, 2.24) is 0 Å². The second-order valence-electron chi connectivity index (χ2n) is 7.89. The van der Waals surface area contributed by atoms with Gasteiger partial charge in [0.05, 0.1) is 19.8 Å². The number of ether oxygens (including phenoxy) is 2. The van der Waals surface area contributed by atoms with Crippen LogP contribution in [0.25, 0.3) is 0 Å². The number of carbonyl (C=O) groups is 2. The first-order valence-electron chi connectivity index (χ1n) is 9.83. The Hall–Kier alpha value is -3.67. The molecule has 2 aromatic rings. The van der Waals surface area contributed by atoms with Gasteiger partial charge in [-0.2, -0.15) is 35.1 Å². The third-order valence-electron chi connectivity index (χ3n) is 5.83. The molecule has 0 fully saturated rings. The van der Waals surface area contributed by atoms with Gasteiger partial charge in [-0.3, -0.25) is 9.59 Å². The molecular weight excluding hydrogens is 601 g/mol. The zero-order valence-electron chi connectivity index (χ0n) is 18.9. The molecule has 0 saturated carbocycles. The van der Waals surface area contributed by atoms with Crippen molar-refractivity contribution >= 4 is 11.9 Å². The molecule has 220 valence electrons. The summed E-state index contributed by atoms with van der Waals surface area (Å²) in [4.78, 5) is 24.2. The second-order valence-corrected chi connectivity index (χ2v) is 7.89. The maximum absolute atomic E-state index is 15.4. The van der Waals surface area contributed by atoms with Crippen LogP contribution in [0.3, 0.4) is 0 Å². The van der Waals surface area contributed by atoms with E-state index in [1.165, 1.54) is 0 Å². The molecule has 0 N–H and O–H groups in total. The third kappa shape index (κ3) is 3.64. The lowest BCUT2D eigenvalue weighted by molar-refractivity contribution is -0.236. The van der Waals surface area contributed by atoms with Gasteiger partial charge in [0, 0.05) is 5.56 Å². The van der Waals surface area contributed by atoms with Gasteiger partial charge in [-0.15, -0.1) is 0 Å². The molecule has 0 aromatic heterocycles. The highest BCUT2D eigenvalue weighted by molar-refractivity contribution is 6.01. The van der Waals surface area contributed by atoms with E-state index in [1.807, 2.05) is 0 Å². The summed E-state index contributed by atoms with van der Waals surface area (Å²) in [6.07, 6.45) is 0. The lowest BCUT2D eigenvalue weighted by atomic mass is 9.80. The fourth-order valence-corrected chi connectivity index (χ4v) is 3.91. The maximum atomic E-state index is 15.4. The highest BCUT2D eigenvalue weighted by Gasteiger charge is 2.70. The van der Waals surface area contributed by atoms with Crippen LogP contribution in [0.1, 0.15) is 33.7 Å². The quantitative estimate of drug-likeness (QED) is 0.181. The number of carbonyl (C=O) groups excluding carboxylic acids is 2. The molecule has 0 saturated heterocycles. The number of halogens is 15. The van der Waals surface area contributed by atoms with Crippen LogP contribution in [-0.2, 0) is 42.8 Å². The number of esters is 2. The van der Waals surface area contributed by atoms with Crippen LogP contribution in [-0.4, -0.2) is 26.2 Å². The van der Waals surface area contributed by atoms with Gasteiger partial charge in [-0.25, -0.2) is 30.7 Å². The first kappa shape index (κ1) is 30.9. The summed E-state index contributed by atoms with van der Waals surface area (Å²) in [5, 5.41) is 0. The van der Waals surface area contributed by atoms with Crippen molar-refractivity contribution in [2.45, 2.75) is 29.6 Å². The molecule has 0 amide bonds. The minimum absolute atomic E-state index is 0.266. The predicted molar refractivity (Wildman–Crippen MR) is 94.9 cm³/mol. The summed E-state index contributed by atoms with van der Waals surface area (Å²) in [6.45, 7) is 0. The van der Waals surface area contributed by atoms with Crippen LogP contribution < -0.4 is 0 Å². The second kappa shape index (κ2) is 9.18. The van der Waals surface area contributed by atoms with E-state index in [0.29, 0.717) is 0 Å². The van der Waals surface area contributed by atoms with E-state index in [1.54, 1.807) is 0 Å². The minimum atomic E-state index is -6.93. The molecule has 0 radical (unpaired) electrons. The highest BCUT2D eigenvalue weighted by Crippen LogP contribution is 2.59. The van der Waals surface area contributed by atoms with E-state index >= 15 is 30.7 Å². The first-order chi connectivity index (χ1) is 18.1. The Kier molecular flexibility index (Phi) is 7.09. The molecule has 0 spiro atoms. The van der Waals surface area contributed by atoms with E-state index < -0.39 is 110 Å². The van der Waals surface area contributed by atoms with Crippen molar-refractivity contribution in [3.63, 3.8) is 0 Å². The molecule has 4 aliphatic carbocycles. The molecular formula is C21H7F15O4. The van der Waals surface area contributed by atoms with Crippen molar-refractivity contribution < 1.29 is 84.9 Å². The van der Waals surface area contributed by atoms with E-state index in [-0.39, 0.29) is 14.2 Å². The molecule has 0 heterocycles. The van der Waals surface area contributed by atoms with Crippen molar-refractivity contribution in [3.8, 4) is 0 Å². The average molecular weight is 608 g/mol. The number of hydrogen-bond acceptors (Lipinski definition) is 4. The van der Waals surface area contributed by atoms with Crippen molar-refractivity contribution in [2.24, 2.45) is 0 Å². The molecule has 40 heavy (non-hydrogen) atoms. The summed E-state index contributed by atoms with van der Waals surface area (Å²) in [5.74, 6) is -62.6. The van der Waals surface area contributed by atoms with Gasteiger partial charge >= 0.3 is 35.6 Å². The predicted octanol–water partition coefficient (Wildman–Crippen LogP) is 6.17. The average Bonchev–Trinajstić information content (AvgIpc) is 2.84. The SMILES string of the molecule is COC(=O)C(C(=O)OC)c1c(F)c2c(F)c(F)c1C(F)(F)C(F)(F)c1c(F)c(F)c(c(F)c1F)C(F)(F)C2(F)F. The van der Waals surface area contributed by atoms with Crippen LogP contribution in [0.15, 0.2) is 0 Å². The van der Waals surface area contributed by atoms with Gasteiger partial charge in [0.25, 0.3) is 0 Å². The highest BCUT2D eigenvalue weighted by atomic mass is 19.3. The molecule has 6 rings (SSSR count). The molecule has 4 aliphatic rings. The molecule has 4 nitrogen and oxygen atoms in total. The Morgan fingerprint density at radius 1 is 0.475 bits per heavy atom. The van der Waals surface area contributed by atoms with Crippen molar-refractivity contribution in [3.05, 3.63) is 68.5 Å². The van der Waals surface area contributed by atoms with E-state index in [0.717, 1.165) is 0 Å². The topological polar surface area (TPSA) is 52.6 Å². The van der Waals surface area contributed by atoms with Crippen molar-refractivity contribution in [1.29, 1.82) is 0 Å². The summed E-state index contributed by atoms with van der Waals surface area (Å²) in [7, 11) is 0.531. The first-order valence-corrected chi connectivity index (χ1v) is 9.83. The van der Waals surface area contributed by atoms with Crippen LogP contribution in [0, 0.1) is 40.7 Å². The monoisotopic (exact) mass is 608 g/mol. The molecule has 2 aromatic carbocycles. The zero-order valence-corrected chi connectivity index (χ0v) is 18.9. The third-order valence-corrected chi connectivity index (χ3v) is 5.83. The summed E-state index contributed by atoms with van der Waals surface area (Å²) < 4.78 is 231. The molecule has 0 unspecified atom stereocenters. The fraction of sp³-hybridized carbons (Fsp3) is 0.333. The smallest absolute Gasteiger partial charge is 0.345 e.